The van der Waals surface area contributed by atoms with Crippen molar-refractivity contribution in [3.05, 3.63) is 106 Å². The predicted molar refractivity (Wildman–Crippen MR) is 119 cm³/mol. The maximum absolute atomic E-state index is 13.3. The summed E-state index contributed by atoms with van der Waals surface area (Å²) in [6.45, 7) is 0.311. The first-order chi connectivity index (χ1) is 15.5. The molecule has 0 fully saturated rings. The van der Waals surface area contributed by atoms with Crippen molar-refractivity contribution in [2.45, 2.75) is 6.54 Å². The molecule has 32 heavy (non-hydrogen) atoms. The molecule has 0 unspecified atom stereocenters. The summed E-state index contributed by atoms with van der Waals surface area (Å²) < 4.78 is 7.12. The van der Waals surface area contributed by atoms with Gasteiger partial charge in [-0.2, -0.15) is 0 Å². The molecular weight excluding hydrogens is 408 g/mol. The van der Waals surface area contributed by atoms with Crippen LogP contribution >= 0.6 is 0 Å². The van der Waals surface area contributed by atoms with Crippen LogP contribution in [0.15, 0.2) is 83.6 Å². The highest BCUT2D eigenvalue weighted by Crippen LogP contribution is 2.25. The number of nitro groups is 1. The molecule has 0 N–H and O–H groups in total. The second kappa shape index (κ2) is 8.81. The van der Waals surface area contributed by atoms with Gasteiger partial charge >= 0.3 is 0 Å². The molecule has 4 rings (SSSR count). The Hall–Kier alpha value is -4.33. The Bertz CT molecular complexity index is 1230. The number of non-ortho nitro benzene ring substituents is 1. The lowest BCUT2D eigenvalue weighted by Crippen LogP contribution is -2.40. The third-order valence-electron chi connectivity index (χ3n) is 5.18. The fraction of sp³-hybridized carbons (Fsp3) is 0.125. The SMILES string of the molecule is COc1ccc(/C=C2/N=C(c3ccc([N+](=O)[O-])cc3)N(Cc3cccc[n+]3C)C2=O)cc1. The molecule has 0 aliphatic carbocycles. The third-order valence-corrected chi connectivity index (χ3v) is 5.18. The molecule has 1 aliphatic heterocycles. The van der Waals surface area contributed by atoms with Gasteiger partial charge < -0.3 is 4.74 Å². The minimum Gasteiger partial charge on any atom is -0.497 e. The molecule has 0 atom stereocenters. The number of amidine groups is 1. The van der Waals surface area contributed by atoms with E-state index < -0.39 is 4.92 Å². The van der Waals surface area contributed by atoms with Crippen molar-refractivity contribution in [3.8, 4) is 5.75 Å². The van der Waals surface area contributed by atoms with Crippen LogP contribution in [-0.2, 0) is 18.4 Å². The number of amides is 1. The molecule has 1 amide bonds. The summed E-state index contributed by atoms with van der Waals surface area (Å²) in [6, 6.07) is 19.1. The van der Waals surface area contributed by atoms with E-state index >= 15 is 0 Å². The number of methoxy groups -OCH3 is 1. The largest absolute Gasteiger partial charge is 0.497 e. The Balaban J connectivity index is 1.73. The van der Waals surface area contributed by atoms with Crippen molar-refractivity contribution in [2.75, 3.05) is 7.11 Å². The number of aliphatic imine (C=N–C) groups is 1. The van der Waals surface area contributed by atoms with Gasteiger partial charge in [0.2, 0.25) is 5.69 Å². The molecule has 1 aliphatic rings. The highest BCUT2D eigenvalue weighted by Gasteiger charge is 2.33. The summed E-state index contributed by atoms with van der Waals surface area (Å²) in [5, 5.41) is 11.0. The highest BCUT2D eigenvalue weighted by molar-refractivity contribution is 6.19. The van der Waals surface area contributed by atoms with E-state index in [1.54, 1.807) is 30.2 Å². The molecule has 0 spiro atoms. The number of carbonyl (C=O) groups excluding carboxylic acids is 1. The van der Waals surface area contributed by atoms with E-state index in [0.29, 0.717) is 23.6 Å². The number of aromatic nitrogens is 1. The van der Waals surface area contributed by atoms with E-state index in [4.69, 9.17) is 4.74 Å². The van der Waals surface area contributed by atoms with Gasteiger partial charge in [-0.3, -0.25) is 19.8 Å². The van der Waals surface area contributed by atoms with Crippen molar-refractivity contribution >= 4 is 23.5 Å². The Morgan fingerprint density at radius 2 is 1.81 bits per heavy atom. The van der Waals surface area contributed by atoms with Gasteiger partial charge in [-0.15, -0.1) is 0 Å². The predicted octanol–water partition coefficient (Wildman–Crippen LogP) is 3.26. The first-order valence-electron chi connectivity index (χ1n) is 9.91. The zero-order chi connectivity index (χ0) is 22.7. The molecule has 160 valence electrons. The van der Waals surface area contributed by atoms with Crippen LogP contribution in [0.1, 0.15) is 16.8 Å². The molecule has 3 aromatic rings. The van der Waals surface area contributed by atoms with Gasteiger partial charge in [0.15, 0.2) is 6.20 Å². The number of ether oxygens (including phenoxy) is 1. The number of hydrogen-bond acceptors (Lipinski definition) is 5. The fourth-order valence-corrected chi connectivity index (χ4v) is 3.39. The number of aryl methyl sites for hydroxylation is 1. The van der Waals surface area contributed by atoms with Crippen LogP contribution in [0.3, 0.4) is 0 Å². The molecule has 2 aromatic carbocycles. The normalized spacial score (nSPS) is 14.6. The van der Waals surface area contributed by atoms with E-state index in [1.165, 1.54) is 12.1 Å². The van der Waals surface area contributed by atoms with Crippen LogP contribution in [0.5, 0.6) is 5.75 Å². The number of hydrogen-bond donors (Lipinski definition) is 0. The summed E-state index contributed by atoms with van der Waals surface area (Å²) in [4.78, 5) is 30.1. The summed E-state index contributed by atoms with van der Waals surface area (Å²) in [6.07, 6.45) is 3.63. The zero-order valence-electron chi connectivity index (χ0n) is 17.6. The van der Waals surface area contributed by atoms with Gasteiger partial charge in [0, 0.05) is 29.8 Å². The molecule has 0 saturated carbocycles. The molecule has 1 aromatic heterocycles. The van der Waals surface area contributed by atoms with E-state index in [9.17, 15) is 14.9 Å². The third kappa shape index (κ3) is 4.24. The van der Waals surface area contributed by atoms with Crippen LogP contribution < -0.4 is 9.30 Å². The Morgan fingerprint density at radius 1 is 1.09 bits per heavy atom. The minimum atomic E-state index is -0.456. The first kappa shape index (κ1) is 20.9. The monoisotopic (exact) mass is 429 g/mol. The Labute approximate surface area is 184 Å². The van der Waals surface area contributed by atoms with Crippen molar-refractivity contribution in [1.82, 2.24) is 4.90 Å². The number of nitrogens with zero attached hydrogens (tertiary/aromatic N) is 4. The average Bonchev–Trinajstić information content (AvgIpc) is 3.11. The van der Waals surface area contributed by atoms with Gasteiger partial charge in [0.05, 0.1) is 12.0 Å². The first-order valence-corrected chi connectivity index (χ1v) is 9.91. The molecule has 8 heteroatoms. The fourth-order valence-electron chi connectivity index (χ4n) is 3.39. The molecule has 8 nitrogen and oxygen atoms in total. The molecule has 0 radical (unpaired) electrons. The van der Waals surface area contributed by atoms with Gasteiger partial charge in [0.1, 0.15) is 30.9 Å². The lowest BCUT2D eigenvalue weighted by Gasteiger charge is -2.17. The average molecular weight is 429 g/mol. The number of pyridine rings is 1. The Kier molecular flexibility index (Phi) is 5.76. The second-order valence-corrected chi connectivity index (χ2v) is 7.24. The minimum absolute atomic E-state index is 0.0197. The lowest BCUT2D eigenvalue weighted by atomic mass is 10.1. The summed E-state index contributed by atoms with van der Waals surface area (Å²) >= 11 is 0. The standard InChI is InChI=1S/C24H21N4O4/c1-26-14-4-3-5-20(26)16-27-23(18-8-10-19(11-9-18)28(30)31)25-22(24(27)29)15-17-6-12-21(32-2)13-7-17/h3-15H,16H2,1-2H3/q+1/b22-15+. The van der Waals surface area contributed by atoms with Crippen LogP contribution in [0, 0.1) is 10.1 Å². The lowest BCUT2D eigenvalue weighted by molar-refractivity contribution is -0.679. The van der Waals surface area contributed by atoms with E-state index in [-0.39, 0.29) is 11.6 Å². The van der Waals surface area contributed by atoms with Gasteiger partial charge in [0.25, 0.3) is 11.6 Å². The number of benzene rings is 2. The van der Waals surface area contributed by atoms with E-state index in [0.717, 1.165) is 17.0 Å². The van der Waals surface area contributed by atoms with Crippen molar-refractivity contribution in [1.29, 1.82) is 0 Å². The molecular formula is C24H21N4O4+. The van der Waals surface area contributed by atoms with Crippen molar-refractivity contribution in [3.63, 3.8) is 0 Å². The van der Waals surface area contributed by atoms with E-state index in [1.807, 2.05) is 60.3 Å². The highest BCUT2D eigenvalue weighted by atomic mass is 16.6. The maximum atomic E-state index is 13.3. The molecule has 0 bridgehead atoms. The van der Waals surface area contributed by atoms with Crippen LogP contribution in [-0.4, -0.2) is 28.7 Å². The zero-order valence-corrected chi connectivity index (χ0v) is 17.6. The summed E-state index contributed by atoms with van der Waals surface area (Å²) in [5.41, 5.74) is 2.63. The topological polar surface area (TPSA) is 88.9 Å². The quantitative estimate of drug-likeness (QED) is 0.260. The van der Waals surface area contributed by atoms with Gasteiger partial charge in [-0.1, -0.05) is 18.2 Å². The Morgan fingerprint density at radius 3 is 2.44 bits per heavy atom. The molecule has 0 saturated heterocycles. The number of nitro benzene ring substituents is 1. The van der Waals surface area contributed by atoms with Crippen molar-refractivity contribution < 1.29 is 19.0 Å². The number of rotatable bonds is 6. The summed E-state index contributed by atoms with van der Waals surface area (Å²) in [5.74, 6) is 0.935. The molecule has 2 heterocycles. The van der Waals surface area contributed by atoms with Gasteiger partial charge in [-0.25, -0.2) is 9.56 Å². The van der Waals surface area contributed by atoms with Crippen LogP contribution in [0.4, 0.5) is 5.69 Å². The maximum Gasteiger partial charge on any atom is 0.278 e. The smallest absolute Gasteiger partial charge is 0.278 e. The van der Waals surface area contributed by atoms with Crippen molar-refractivity contribution in [2.24, 2.45) is 12.0 Å². The van der Waals surface area contributed by atoms with Gasteiger partial charge in [-0.05, 0) is 35.9 Å². The van der Waals surface area contributed by atoms with Crippen LogP contribution in [0.25, 0.3) is 6.08 Å². The van der Waals surface area contributed by atoms with Crippen LogP contribution in [0.2, 0.25) is 0 Å². The second-order valence-electron chi connectivity index (χ2n) is 7.24. The van der Waals surface area contributed by atoms with E-state index in [2.05, 4.69) is 4.99 Å². The number of carbonyl (C=O) groups is 1. The summed E-state index contributed by atoms with van der Waals surface area (Å²) in [7, 11) is 3.50.